The molecule has 0 bridgehead atoms. The fourth-order valence-electron chi connectivity index (χ4n) is 2.45. The van der Waals surface area contributed by atoms with Gasteiger partial charge in [0.2, 0.25) is 5.91 Å². The molecule has 3 aromatic rings. The Labute approximate surface area is 177 Å². The number of amides is 2. The van der Waals surface area contributed by atoms with E-state index in [0.29, 0.717) is 5.75 Å². The summed E-state index contributed by atoms with van der Waals surface area (Å²) >= 11 is 6.52. The molecule has 0 saturated carbocycles. The van der Waals surface area contributed by atoms with Crippen molar-refractivity contribution in [3.8, 4) is 5.75 Å². The number of hydrazine groups is 1. The standard InChI is InChI=1S/C21H19N3O3S2/c1-14(27-17-9-8-15-5-2-3-6-16(15)13-17)20(26)23-24-21(28)22-19(25)11-10-18-7-4-12-29-18/h2-14H,1H3,(H,23,26)(H2,22,24,25,28)/b11-10+. The quantitative estimate of drug-likeness (QED) is 0.332. The molecule has 0 aliphatic carbocycles. The minimum Gasteiger partial charge on any atom is -0.481 e. The Hall–Kier alpha value is -3.23. The van der Waals surface area contributed by atoms with Crippen LogP contribution in [-0.4, -0.2) is 23.0 Å². The van der Waals surface area contributed by atoms with Crippen LogP contribution < -0.4 is 20.9 Å². The minimum atomic E-state index is -0.763. The van der Waals surface area contributed by atoms with Crippen LogP contribution in [0.3, 0.4) is 0 Å². The molecule has 0 aliphatic heterocycles. The normalized spacial score (nSPS) is 11.8. The minimum absolute atomic E-state index is 0.0166. The summed E-state index contributed by atoms with van der Waals surface area (Å²) in [6.07, 6.45) is 2.29. The summed E-state index contributed by atoms with van der Waals surface area (Å²) in [7, 11) is 0. The van der Waals surface area contributed by atoms with Crippen molar-refractivity contribution in [3.63, 3.8) is 0 Å². The topological polar surface area (TPSA) is 79.5 Å². The number of nitrogens with one attached hydrogen (secondary N) is 3. The molecule has 3 N–H and O–H groups in total. The lowest BCUT2D eigenvalue weighted by Gasteiger charge is -2.16. The third kappa shape index (κ3) is 6.13. The number of rotatable bonds is 5. The summed E-state index contributed by atoms with van der Waals surface area (Å²) in [5.74, 6) is -0.240. The SMILES string of the molecule is CC(Oc1ccc2ccccc2c1)C(=O)NNC(=S)NC(=O)/C=C/c1cccs1. The van der Waals surface area contributed by atoms with Crippen LogP contribution in [-0.2, 0) is 9.59 Å². The van der Waals surface area contributed by atoms with Crippen LogP contribution in [0.15, 0.2) is 66.1 Å². The fourth-order valence-corrected chi connectivity index (χ4v) is 3.22. The van der Waals surface area contributed by atoms with Gasteiger partial charge in [0.25, 0.3) is 5.91 Å². The number of ether oxygens (including phenoxy) is 1. The monoisotopic (exact) mass is 425 g/mol. The van der Waals surface area contributed by atoms with Crippen molar-refractivity contribution in [2.24, 2.45) is 0 Å². The molecule has 0 aliphatic rings. The van der Waals surface area contributed by atoms with E-state index in [1.807, 2.05) is 60.0 Å². The Kier molecular flexibility index (Phi) is 6.94. The zero-order chi connectivity index (χ0) is 20.6. The molecule has 0 spiro atoms. The highest BCUT2D eigenvalue weighted by Crippen LogP contribution is 2.21. The highest BCUT2D eigenvalue weighted by Gasteiger charge is 2.15. The van der Waals surface area contributed by atoms with Gasteiger partial charge in [0.1, 0.15) is 5.75 Å². The summed E-state index contributed by atoms with van der Waals surface area (Å²) in [6, 6.07) is 17.3. The number of carbonyl (C=O) groups is 2. The predicted molar refractivity (Wildman–Crippen MR) is 119 cm³/mol. The summed E-state index contributed by atoms with van der Waals surface area (Å²) < 4.78 is 5.68. The highest BCUT2D eigenvalue weighted by molar-refractivity contribution is 7.80. The van der Waals surface area contributed by atoms with Crippen molar-refractivity contribution in [2.45, 2.75) is 13.0 Å². The first-order valence-electron chi connectivity index (χ1n) is 8.79. The van der Waals surface area contributed by atoms with E-state index in [1.54, 1.807) is 13.0 Å². The van der Waals surface area contributed by atoms with Gasteiger partial charge in [0, 0.05) is 11.0 Å². The number of hydrogen-bond donors (Lipinski definition) is 3. The number of thiophene rings is 1. The van der Waals surface area contributed by atoms with E-state index in [9.17, 15) is 9.59 Å². The van der Waals surface area contributed by atoms with Gasteiger partial charge in [-0.1, -0.05) is 36.4 Å². The number of carbonyl (C=O) groups excluding carboxylic acids is 2. The third-order valence-electron chi connectivity index (χ3n) is 3.88. The van der Waals surface area contributed by atoms with Gasteiger partial charge in [0.05, 0.1) is 0 Å². The van der Waals surface area contributed by atoms with E-state index in [0.717, 1.165) is 15.6 Å². The van der Waals surface area contributed by atoms with Gasteiger partial charge in [0.15, 0.2) is 11.2 Å². The summed E-state index contributed by atoms with van der Waals surface area (Å²) in [5, 5.41) is 6.46. The Morgan fingerprint density at radius 3 is 2.62 bits per heavy atom. The molecule has 2 aromatic carbocycles. The van der Waals surface area contributed by atoms with Crippen molar-refractivity contribution >= 4 is 57.3 Å². The van der Waals surface area contributed by atoms with Gasteiger partial charge in [-0.25, -0.2) is 0 Å². The maximum absolute atomic E-state index is 12.2. The average Bonchev–Trinajstić information content (AvgIpc) is 3.24. The first kappa shape index (κ1) is 20.5. The van der Waals surface area contributed by atoms with E-state index in [-0.39, 0.29) is 5.11 Å². The van der Waals surface area contributed by atoms with Crippen LogP contribution >= 0.6 is 23.6 Å². The Morgan fingerprint density at radius 1 is 1.07 bits per heavy atom. The lowest BCUT2D eigenvalue weighted by atomic mass is 10.1. The van der Waals surface area contributed by atoms with E-state index < -0.39 is 17.9 Å². The van der Waals surface area contributed by atoms with Gasteiger partial charge in [-0.05, 0) is 59.6 Å². The van der Waals surface area contributed by atoms with Crippen molar-refractivity contribution in [2.75, 3.05) is 0 Å². The molecule has 148 valence electrons. The molecular formula is C21H19N3O3S2. The second-order valence-corrected chi connectivity index (χ2v) is 7.44. The van der Waals surface area contributed by atoms with E-state index in [4.69, 9.17) is 17.0 Å². The molecule has 1 unspecified atom stereocenters. The van der Waals surface area contributed by atoms with Crippen molar-refractivity contribution < 1.29 is 14.3 Å². The van der Waals surface area contributed by atoms with Gasteiger partial charge in [-0.2, -0.15) is 0 Å². The second kappa shape index (κ2) is 9.81. The van der Waals surface area contributed by atoms with Crippen LogP contribution in [0.25, 0.3) is 16.8 Å². The van der Waals surface area contributed by atoms with Crippen LogP contribution in [0.4, 0.5) is 0 Å². The molecule has 6 nitrogen and oxygen atoms in total. The second-order valence-electron chi connectivity index (χ2n) is 6.05. The molecule has 0 fully saturated rings. The van der Waals surface area contributed by atoms with Gasteiger partial charge >= 0.3 is 0 Å². The largest absolute Gasteiger partial charge is 0.481 e. The number of hydrogen-bond acceptors (Lipinski definition) is 5. The Balaban J connectivity index is 1.45. The first-order chi connectivity index (χ1) is 14.0. The lowest BCUT2D eigenvalue weighted by molar-refractivity contribution is -0.128. The Morgan fingerprint density at radius 2 is 1.86 bits per heavy atom. The maximum atomic E-state index is 12.2. The van der Waals surface area contributed by atoms with Crippen LogP contribution in [0.5, 0.6) is 5.75 Å². The molecule has 0 radical (unpaired) electrons. The van der Waals surface area contributed by atoms with Crippen LogP contribution in [0, 0.1) is 0 Å². The van der Waals surface area contributed by atoms with E-state index in [2.05, 4.69) is 16.2 Å². The number of fused-ring (bicyclic) bond motifs is 1. The number of benzene rings is 2. The van der Waals surface area contributed by atoms with Gasteiger partial charge in [-0.3, -0.25) is 25.8 Å². The van der Waals surface area contributed by atoms with Gasteiger partial charge in [-0.15, -0.1) is 11.3 Å². The molecular weight excluding hydrogens is 406 g/mol. The lowest BCUT2D eigenvalue weighted by Crippen LogP contribution is -2.51. The molecule has 1 atom stereocenters. The van der Waals surface area contributed by atoms with E-state index >= 15 is 0 Å². The maximum Gasteiger partial charge on any atom is 0.279 e. The molecule has 1 aromatic heterocycles. The molecule has 29 heavy (non-hydrogen) atoms. The van der Waals surface area contributed by atoms with Gasteiger partial charge < -0.3 is 4.74 Å². The molecule has 3 rings (SSSR count). The van der Waals surface area contributed by atoms with Crippen molar-refractivity contribution in [1.82, 2.24) is 16.2 Å². The van der Waals surface area contributed by atoms with Crippen molar-refractivity contribution in [3.05, 3.63) is 70.9 Å². The average molecular weight is 426 g/mol. The Bertz CT molecular complexity index is 1050. The zero-order valence-corrected chi connectivity index (χ0v) is 17.2. The summed E-state index contributed by atoms with van der Waals surface area (Å²) in [6.45, 7) is 1.62. The fraction of sp³-hybridized carbons (Fsp3) is 0.0952. The predicted octanol–water partition coefficient (Wildman–Crippen LogP) is 3.40. The summed E-state index contributed by atoms with van der Waals surface area (Å²) in [5.41, 5.74) is 4.91. The first-order valence-corrected chi connectivity index (χ1v) is 10.1. The smallest absolute Gasteiger partial charge is 0.279 e. The molecule has 0 saturated heterocycles. The molecule has 8 heteroatoms. The molecule has 1 heterocycles. The van der Waals surface area contributed by atoms with E-state index in [1.165, 1.54) is 17.4 Å². The van der Waals surface area contributed by atoms with Crippen LogP contribution in [0.1, 0.15) is 11.8 Å². The zero-order valence-electron chi connectivity index (χ0n) is 15.5. The third-order valence-corrected chi connectivity index (χ3v) is 4.92. The van der Waals surface area contributed by atoms with Crippen LogP contribution in [0.2, 0.25) is 0 Å². The highest BCUT2D eigenvalue weighted by atomic mass is 32.1. The van der Waals surface area contributed by atoms with Crippen molar-refractivity contribution in [1.29, 1.82) is 0 Å². The molecule has 2 amide bonds. The number of thiocarbonyl (C=S) groups is 1. The summed E-state index contributed by atoms with van der Waals surface area (Å²) in [4.78, 5) is 25.0.